The SMILES string of the molecule is CC(C(=O)NC1CCCCC1)N(Cc1ccccc1F)C(=O)Cc1ccccc1Cl. The summed E-state index contributed by atoms with van der Waals surface area (Å²) in [6.07, 6.45) is 5.36. The zero-order valence-electron chi connectivity index (χ0n) is 17.2. The van der Waals surface area contributed by atoms with Gasteiger partial charge < -0.3 is 10.2 Å². The third-order valence-electron chi connectivity index (χ3n) is 5.72. The van der Waals surface area contributed by atoms with Gasteiger partial charge in [-0.1, -0.05) is 67.3 Å². The smallest absolute Gasteiger partial charge is 0.242 e. The Morgan fingerprint density at radius 2 is 1.70 bits per heavy atom. The van der Waals surface area contributed by atoms with Crippen LogP contribution >= 0.6 is 11.6 Å². The van der Waals surface area contributed by atoms with Gasteiger partial charge in [-0.2, -0.15) is 0 Å². The average Bonchev–Trinajstić information content (AvgIpc) is 2.75. The van der Waals surface area contributed by atoms with E-state index in [1.165, 1.54) is 17.4 Å². The summed E-state index contributed by atoms with van der Waals surface area (Å²) in [7, 11) is 0. The zero-order chi connectivity index (χ0) is 21.5. The van der Waals surface area contributed by atoms with E-state index in [4.69, 9.17) is 11.6 Å². The van der Waals surface area contributed by atoms with Crippen LogP contribution in [0.4, 0.5) is 4.39 Å². The van der Waals surface area contributed by atoms with Crippen molar-refractivity contribution in [1.29, 1.82) is 0 Å². The fourth-order valence-electron chi connectivity index (χ4n) is 3.87. The van der Waals surface area contributed by atoms with E-state index in [0.29, 0.717) is 16.1 Å². The predicted octanol–water partition coefficient (Wildman–Crippen LogP) is 4.89. The molecule has 0 aliphatic heterocycles. The summed E-state index contributed by atoms with van der Waals surface area (Å²) >= 11 is 6.22. The number of carbonyl (C=O) groups excluding carboxylic acids is 2. The first-order valence-corrected chi connectivity index (χ1v) is 10.9. The highest BCUT2D eigenvalue weighted by Gasteiger charge is 2.29. The maximum atomic E-state index is 14.3. The highest BCUT2D eigenvalue weighted by atomic mass is 35.5. The van der Waals surface area contributed by atoms with Gasteiger partial charge in [-0.3, -0.25) is 9.59 Å². The zero-order valence-corrected chi connectivity index (χ0v) is 18.0. The minimum absolute atomic E-state index is 0.0230. The number of carbonyl (C=O) groups is 2. The Morgan fingerprint density at radius 3 is 2.37 bits per heavy atom. The Hall–Kier alpha value is -2.40. The molecule has 1 unspecified atom stereocenters. The number of nitrogens with zero attached hydrogens (tertiary/aromatic N) is 1. The quantitative estimate of drug-likeness (QED) is 0.680. The fraction of sp³-hybridized carbons (Fsp3) is 0.417. The van der Waals surface area contributed by atoms with Crippen LogP contribution in [0, 0.1) is 5.82 Å². The van der Waals surface area contributed by atoms with Gasteiger partial charge in [0.15, 0.2) is 0 Å². The Kier molecular flexibility index (Phi) is 7.86. The molecule has 1 N–H and O–H groups in total. The van der Waals surface area contributed by atoms with Gasteiger partial charge in [0.05, 0.1) is 6.42 Å². The average molecular weight is 431 g/mol. The lowest BCUT2D eigenvalue weighted by Crippen LogP contribution is -2.50. The van der Waals surface area contributed by atoms with E-state index in [9.17, 15) is 14.0 Å². The summed E-state index contributed by atoms with van der Waals surface area (Å²) in [5.41, 5.74) is 1.06. The second kappa shape index (κ2) is 10.6. The Morgan fingerprint density at radius 1 is 1.07 bits per heavy atom. The summed E-state index contributed by atoms with van der Waals surface area (Å²) in [6, 6.07) is 12.9. The molecule has 1 aliphatic rings. The van der Waals surface area contributed by atoms with Crippen LogP contribution in [0.2, 0.25) is 5.02 Å². The van der Waals surface area contributed by atoms with Crippen LogP contribution in [0.1, 0.15) is 50.2 Å². The number of amides is 2. The molecule has 30 heavy (non-hydrogen) atoms. The second-order valence-corrected chi connectivity index (χ2v) is 8.31. The molecule has 0 radical (unpaired) electrons. The van der Waals surface area contributed by atoms with Gasteiger partial charge in [0.2, 0.25) is 11.8 Å². The van der Waals surface area contributed by atoms with E-state index < -0.39 is 11.9 Å². The molecule has 4 nitrogen and oxygen atoms in total. The second-order valence-electron chi connectivity index (χ2n) is 7.90. The number of halogens is 2. The van der Waals surface area contributed by atoms with Crippen molar-refractivity contribution in [2.75, 3.05) is 0 Å². The van der Waals surface area contributed by atoms with E-state index in [0.717, 1.165) is 25.7 Å². The number of hydrogen-bond donors (Lipinski definition) is 1. The minimum atomic E-state index is -0.721. The first kappa shape index (κ1) is 22.3. The van der Waals surface area contributed by atoms with Crippen LogP contribution in [0.5, 0.6) is 0 Å². The van der Waals surface area contributed by atoms with Crippen molar-refractivity contribution in [3.05, 3.63) is 70.5 Å². The van der Waals surface area contributed by atoms with Crippen molar-refractivity contribution in [1.82, 2.24) is 10.2 Å². The molecule has 2 aromatic carbocycles. The van der Waals surface area contributed by atoms with E-state index in [2.05, 4.69) is 5.32 Å². The lowest BCUT2D eigenvalue weighted by molar-refractivity contribution is -0.140. The molecule has 160 valence electrons. The molecule has 0 spiro atoms. The molecule has 0 heterocycles. The summed E-state index contributed by atoms with van der Waals surface area (Å²) in [5, 5.41) is 3.57. The summed E-state index contributed by atoms with van der Waals surface area (Å²) in [5.74, 6) is -0.865. The lowest BCUT2D eigenvalue weighted by atomic mass is 9.95. The molecule has 1 fully saturated rings. The van der Waals surface area contributed by atoms with Gasteiger partial charge in [-0.05, 0) is 37.5 Å². The highest BCUT2D eigenvalue weighted by molar-refractivity contribution is 6.31. The standard InChI is InChI=1S/C24H28ClFN2O2/c1-17(24(30)27-20-11-3-2-4-12-20)28(16-19-10-6-8-14-22(19)26)23(29)15-18-9-5-7-13-21(18)25/h5-10,13-14,17,20H,2-4,11-12,15-16H2,1H3,(H,27,30). The van der Waals surface area contributed by atoms with E-state index in [1.807, 2.05) is 6.07 Å². The van der Waals surface area contributed by atoms with Crippen LogP contribution in [-0.4, -0.2) is 28.8 Å². The molecule has 3 rings (SSSR count). The normalized spacial score (nSPS) is 15.4. The molecule has 1 aliphatic carbocycles. The first-order chi connectivity index (χ1) is 14.5. The molecule has 2 amide bonds. The van der Waals surface area contributed by atoms with Gasteiger partial charge in [-0.25, -0.2) is 4.39 Å². The van der Waals surface area contributed by atoms with Crippen molar-refractivity contribution in [3.8, 4) is 0 Å². The van der Waals surface area contributed by atoms with Gasteiger partial charge in [0, 0.05) is 23.2 Å². The molecular formula is C24H28ClFN2O2. The molecule has 2 aromatic rings. The molecule has 6 heteroatoms. The van der Waals surface area contributed by atoms with E-state index >= 15 is 0 Å². The molecule has 0 saturated heterocycles. The maximum absolute atomic E-state index is 14.3. The van der Waals surface area contributed by atoms with E-state index in [-0.39, 0.29) is 30.8 Å². The van der Waals surface area contributed by atoms with Gasteiger partial charge in [0.25, 0.3) is 0 Å². The van der Waals surface area contributed by atoms with Crippen LogP contribution in [0.15, 0.2) is 48.5 Å². The lowest BCUT2D eigenvalue weighted by Gasteiger charge is -2.31. The third kappa shape index (κ3) is 5.82. The van der Waals surface area contributed by atoms with Crippen molar-refractivity contribution >= 4 is 23.4 Å². The van der Waals surface area contributed by atoms with Gasteiger partial charge in [-0.15, -0.1) is 0 Å². The fourth-order valence-corrected chi connectivity index (χ4v) is 4.07. The summed E-state index contributed by atoms with van der Waals surface area (Å²) in [4.78, 5) is 27.6. The van der Waals surface area contributed by atoms with Gasteiger partial charge >= 0.3 is 0 Å². The molecular weight excluding hydrogens is 403 g/mol. The number of nitrogens with one attached hydrogen (secondary N) is 1. The third-order valence-corrected chi connectivity index (χ3v) is 6.09. The first-order valence-electron chi connectivity index (χ1n) is 10.5. The van der Waals surface area contributed by atoms with Gasteiger partial charge in [0.1, 0.15) is 11.9 Å². The minimum Gasteiger partial charge on any atom is -0.352 e. The summed E-state index contributed by atoms with van der Waals surface area (Å²) < 4.78 is 14.3. The predicted molar refractivity (Wildman–Crippen MR) is 117 cm³/mol. The Bertz CT molecular complexity index is 883. The molecule has 0 bridgehead atoms. The monoisotopic (exact) mass is 430 g/mol. The van der Waals surface area contributed by atoms with Crippen LogP contribution in [-0.2, 0) is 22.6 Å². The maximum Gasteiger partial charge on any atom is 0.242 e. The highest BCUT2D eigenvalue weighted by Crippen LogP contribution is 2.21. The molecule has 1 atom stereocenters. The van der Waals surface area contributed by atoms with Crippen molar-refractivity contribution < 1.29 is 14.0 Å². The van der Waals surface area contributed by atoms with Crippen molar-refractivity contribution in [3.63, 3.8) is 0 Å². The largest absolute Gasteiger partial charge is 0.352 e. The van der Waals surface area contributed by atoms with Crippen LogP contribution < -0.4 is 5.32 Å². The molecule has 1 saturated carbocycles. The number of benzene rings is 2. The number of rotatable bonds is 7. The number of hydrogen-bond acceptors (Lipinski definition) is 2. The topological polar surface area (TPSA) is 49.4 Å². The molecule has 0 aromatic heterocycles. The van der Waals surface area contributed by atoms with Crippen LogP contribution in [0.25, 0.3) is 0 Å². The Balaban J connectivity index is 1.78. The van der Waals surface area contributed by atoms with Crippen LogP contribution in [0.3, 0.4) is 0 Å². The Labute approximate surface area is 182 Å². The van der Waals surface area contributed by atoms with Crippen molar-refractivity contribution in [2.45, 2.75) is 64.1 Å². The summed E-state index contributed by atoms with van der Waals surface area (Å²) in [6.45, 7) is 1.72. The van der Waals surface area contributed by atoms with E-state index in [1.54, 1.807) is 43.3 Å². The van der Waals surface area contributed by atoms with Crippen molar-refractivity contribution in [2.24, 2.45) is 0 Å².